The van der Waals surface area contributed by atoms with Gasteiger partial charge in [0.25, 0.3) is 5.56 Å². The molecule has 3 aromatic heterocycles. The number of hydrogen-bond acceptors (Lipinski definition) is 5. The van der Waals surface area contributed by atoms with Gasteiger partial charge in [-0.1, -0.05) is 12.1 Å². The van der Waals surface area contributed by atoms with Gasteiger partial charge in [0.2, 0.25) is 5.91 Å². The fourth-order valence-corrected chi connectivity index (χ4v) is 4.13. The third kappa shape index (κ3) is 4.02. The molecule has 7 nitrogen and oxygen atoms in total. The maximum atomic E-state index is 12.7. The number of rotatable bonds is 6. The number of nitrogens with zero attached hydrogens (tertiary/aromatic N) is 3. The molecule has 0 radical (unpaired) electrons. The molecule has 0 atom stereocenters. The molecule has 1 amide bonds. The fourth-order valence-electron chi connectivity index (χ4n) is 3.19. The van der Waals surface area contributed by atoms with Gasteiger partial charge in [-0.05, 0) is 50.6 Å². The zero-order chi connectivity index (χ0) is 20.5. The number of nitrogens with one attached hydrogen (secondary N) is 1. The molecule has 150 valence electrons. The van der Waals surface area contributed by atoms with Crippen LogP contribution in [0.4, 0.5) is 0 Å². The first kappa shape index (κ1) is 19.2. The van der Waals surface area contributed by atoms with Crippen LogP contribution in [0.2, 0.25) is 0 Å². The molecule has 1 N–H and O–H groups in total. The second-order valence-electron chi connectivity index (χ2n) is 7.19. The van der Waals surface area contributed by atoms with Crippen molar-refractivity contribution in [3.8, 4) is 5.75 Å². The van der Waals surface area contributed by atoms with E-state index in [1.54, 1.807) is 22.1 Å². The minimum atomic E-state index is -0.279. The zero-order valence-electron chi connectivity index (χ0n) is 16.5. The van der Waals surface area contributed by atoms with E-state index in [2.05, 4.69) is 10.4 Å². The first-order chi connectivity index (χ1) is 13.9. The molecule has 1 aromatic carbocycles. The average Bonchev–Trinajstić information content (AvgIpc) is 3.19. The van der Waals surface area contributed by atoms with Crippen molar-refractivity contribution in [3.63, 3.8) is 0 Å². The van der Waals surface area contributed by atoms with Crippen LogP contribution in [-0.2, 0) is 17.9 Å². The molecular formula is C21H22N4O3S. The van der Waals surface area contributed by atoms with E-state index in [0.717, 1.165) is 21.5 Å². The Bertz CT molecular complexity index is 1230. The summed E-state index contributed by atoms with van der Waals surface area (Å²) >= 11 is 1.63. The van der Waals surface area contributed by atoms with Crippen LogP contribution < -0.4 is 15.6 Å². The Kier molecular flexibility index (Phi) is 5.10. The van der Waals surface area contributed by atoms with E-state index < -0.39 is 0 Å². The lowest BCUT2D eigenvalue weighted by Gasteiger charge is -2.11. The summed E-state index contributed by atoms with van der Waals surface area (Å²) in [7, 11) is 0. The predicted octanol–water partition coefficient (Wildman–Crippen LogP) is 3.12. The Morgan fingerprint density at radius 1 is 1.21 bits per heavy atom. The van der Waals surface area contributed by atoms with Crippen LogP contribution in [0, 0.1) is 6.92 Å². The van der Waals surface area contributed by atoms with Gasteiger partial charge in [0.1, 0.15) is 24.1 Å². The molecule has 0 saturated heterocycles. The summed E-state index contributed by atoms with van der Waals surface area (Å²) in [6, 6.07) is 11.4. The van der Waals surface area contributed by atoms with Gasteiger partial charge in [0.15, 0.2) is 0 Å². The Labute approximate surface area is 171 Å². The number of aromatic nitrogens is 3. The minimum Gasteiger partial charge on any atom is -0.491 e. The summed E-state index contributed by atoms with van der Waals surface area (Å²) in [6.07, 6.45) is 1.70. The first-order valence-corrected chi connectivity index (χ1v) is 10.2. The monoisotopic (exact) mass is 410 g/mol. The van der Waals surface area contributed by atoms with Gasteiger partial charge in [-0.25, -0.2) is 4.68 Å². The minimum absolute atomic E-state index is 0.115. The van der Waals surface area contributed by atoms with Gasteiger partial charge in [-0.15, -0.1) is 11.3 Å². The molecule has 4 aromatic rings. The lowest BCUT2D eigenvalue weighted by atomic mass is 10.2. The number of hydrogen-bond donors (Lipinski definition) is 1. The number of aryl methyl sites for hydroxylation is 1. The lowest BCUT2D eigenvalue weighted by molar-refractivity contribution is -0.122. The lowest BCUT2D eigenvalue weighted by Crippen LogP contribution is -2.33. The van der Waals surface area contributed by atoms with Gasteiger partial charge in [-0.3, -0.25) is 14.0 Å². The van der Waals surface area contributed by atoms with Crippen molar-refractivity contribution in [2.75, 3.05) is 0 Å². The van der Waals surface area contributed by atoms with Crippen LogP contribution in [0.1, 0.15) is 24.3 Å². The van der Waals surface area contributed by atoms with Crippen molar-refractivity contribution in [1.29, 1.82) is 0 Å². The van der Waals surface area contributed by atoms with Crippen LogP contribution in [-0.4, -0.2) is 26.2 Å². The highest BCUT2D eigenvalue weighted by atomic mass is 32.1. The number of ether oxygens (including phenoxy) is 1. The highest BCUT2D eigenvalue weighted by molar-refractivity contribution is 7.19. The smallest absolute Gasteiger partial charge is 0.291 e. The Morgan fingerprint density at radius 2 is 1.97 bits per heavy atom. The van der Waals surface area contributed by atoms with E-state index in [1.165, 1.54) is 9.56 Å². The molecule has 8 heteroatoms. The molecule has 0 aliphatic rings. The number of amides is 1. The standard InChI is InChI=1S/C21H22N4O3S/c1-13(2)28-16-6-4-15(5-7-16)10-22-20(26)11-25-21(27)18-9-19-17(8-14(3)29-19)24(18)12-23-25/h4-9,12-13H,10-11H2,1-3H3,(H,22,26). The van der Waals surface area contributed by atoms with Crippen LogP contribution in [0.3, 0.4) is 0 Å². The molecular weight excluding hydrogens is 388 g/mol. The highest BCUT2D eigenvalue weighted by Gasteiger charge is 2.13. The molecule has 3 heterocycles. The topological polar surface area (TPSA) is 77.6 Å². The van der Waals surface area contributed by atoms with Crippen molar-refractivity contribution in [3.05, 3.63) is 63.5 Å². The van der Waals surface area contributed by atoms with E-state index in [9.17, 15) is 9.59 Å². The Hall–Kier alpha value is -3.13. The Morgan fingerprint density at radius 3 is 2.69 bits per heavy atom. The summed E-state index contributed by atoms with van der Waals surface area (Å²) in [6.45, 7) is 6.22. The molecule has 0 saturated carbocycles. The van der Waals surface area contributed by atoms with Crippen molar-refractivity contribution in [2.45, 2.75) is 40.0 Å². The van der Waals surface area contributed by atoms with Crippen molar-refractivity contribution in [2.24, 2.45) is 0 Å². The second-order valence-corrected chi connectivity index (χ2v) is 8.48. The van der Waals surface area contributed by atoms with Crippen molar-refractivity contribution in [1.82, 2.24) is 19.5 Å². The average molecular weight is 410 g/mol. The molecule has 4 rings (SSSR count). The fraction of sp³-hybridized carbons (Fsp3) is 0.286. The highest BCUT2D eigenvalue weighted by Crippen LogP contribution is 2.26. The largest absolute Gasteiger partial charge is 0.491 e. The van der Waals surface area contributed by atoms with Gasteiger partial charge in [0.05, 0.1) is 16.3 Å². The van der Waals surface area contributed by atoms with E-state index in [1.807, 2.05) is 57.2 Å². The van der Waals surface area contributed by atoms with Crippen LogP contribution in [0.5, 0.6) is 5.75 Å². The summed E-state index contributed by atoms with van der Waals surface area (Å²) in [5, 5.41) is 6.99. The molecule has 0 bridgehead atoms. The van der Waals surface area contributed by atoms with Crippen LogP contribution in [0.15, 0.2) is 47.5 Å². The van der Waals surface area contributed by atoms with Gasteiger partial charge in [-0.2, -0.15) is 5.10 Å². The number of carbonyl (C=O) groups excluding carboxylic acids is 1. The molecule has 0 aliphatic heterocycles. The maximum absolute atomic E-state index is 12.7. The number of fused-ring (bicyclic) bond motifs is 3. The summed E-state index contributed by atoms with van der Waals surface area (Å²) < 4.78 is 9.61. The number of benzene rings is 1. The third-order valence-corrected chi connectivity index (χ3v) is 5.48. The third-order valence-electron chi connectivity index (χ3n) is 4.49. The normalized spacial score (nSPS) is 11.4. The van der Waals surface area contributed by atoms with E-state index >= 15 is 0 Å². The summed E-state index contributed by atoms with van der Waals surface area (Å²) in [5.41, 5.74) is 2.16. The molecule has 0 aliphatic carbocycles. The van der Waals surface area contributed by atoms with Crippen molar-refractivity contribution < 1.29 is 9.53 Å². The Balaban J connectivity index is 1.43. The molecule has 29 heavy (non-hydrogen) atoms. The van der Waals surface area contributed by atoms with Gasteiger partial charge < -0.3 is 10.1 Å². The van der Waals surface area contributed by atoms with Crippen LogP contribution in [0.25, 0.3) is 15.7 Å². The van der Waals surface area contributed by atoms with Gasteiger partial charge >= 0.3 is 0 Å². The SMILES string of the molecule is Cc1cc2c(cc3c(=O)n(CC(=O)NCc4ccc(OC(C)C)cc4)ncn32)s1. The first-order valence-electron chi connectivity index (χ1n) is 9.40. The predicted molar refractivity (Wildman–Crippen MR) is 114 cm³/mol. The van der Waals surface area contributed by atoms with Crippen molar-refractivity contribution >= 4 is 33.0 Å². The van der Waals surface area contributed by atoms with E-state index in [0.29, 0.717) is 12.1 Å². The summed E-state index contributed by atoms with van der Waals surface area (Å²) in [4.78, 5) is 26.2. The second kappa shape index (κ2) is 7.71. The zero-order valence-corrected chi connectivity index (χ0v) is 17.3. The molecule has 0 spiro atoms. The molecule has 0 fully saturated rings. The molecule has 0 unspecified atom stereocenters. The van der Waals surface area contributed by atoms with Gasteiger partial charge in [0, 0.05) is 11.4 Å². The number of thiophene rings is 1. The quantitative estimate of drug-likeness (QED) is 0.530. The van der Waals surface area contributed by atoms with E-state index in [-0.39, 0.29) is 24.1 Å². The maximum Gasteiger partial charge on any atom is 0.291 e. The van der Waals surface area contributed by atoms with E-state index in [4.69, 9.17) is 4.74 Å². The summed E-state index contributed by atoms with van der Waals surface area (Å²) in [5.74, 6) is 0.525. The number of carbonyl (C=O) groups is 1. The van der Waals surface area contributed by atoms with Crippen LogP contribution >= 0.6 is 11.3 Å².